The lowest BCUT2D eigenvalue weighted by atomic mass is 9.93. The van der Waals surface area contributed by atoms with Crippen LogP contribution in [0.15, 0.2) is 18.3 Å². The first kappa shape index (κ1) is 25.9. The highest BCUT2D eigenvalue weighted by Gasteiger charge is 2.49. The number of halogens is 3. The number of rotatable bonds is 4. The van der Waals surface area contributed by atoms with Crippen LogP contribution in [-0.4, -0.2) is 54.8 Å². The lowest BCUT2D eigenvalue weighted by Gasteiger charge is -2.49. The van der Waals surface area contributed by atoms with Crippen molar-refractivity contribution in [1.82, 2.24) is 5.01 Å². The van der Waals surface area contributed by atoms with E-state index in [9.17, 15) is 18.0 Å². The molecule has 8 nitrogen and oxygen atoms in total. The zero-order valence-electron chi connectivity index (χ0n) is 18.7. The monoisotopic (exact) mass is 461 g/mol. The number of nitrogens with two attached hydrogens (primary N) is 2. The van der Waals surface area contributed by atoms with Crippen LogP contribution in [0.1, 0.15) is 39.7 Å². The second kappa shape index (κ2) is 10.5. The zero-order chi connectivity index (χ0) is 24.2. The van der Waals surface area contributed by atoms with E-state index in [1.807, 2.05) is 13.8 Å². The highest BCUT2D eigenvalue weighted by Crippen LogP contribution is 2.34. The van der Waals surface area contributed by atoms with E-state index in [2.05, 4.69) is 0 Å². The van der Waals surface area contributed by atoms with Crippen molar-refractivity contribution in [3.8, 4) is 0 Å². The Balaban J connectivity index is 0.00000176. The number of hydrogen-bond donors (Lipinski definition) is 2. The average Bonchev–Trinajstić information content (AvgIpc) is 2.76. The SMILES string of the molecule is CC.COC(=O)C1CC(N(N)/C=C(\N)c2cc(F)c(F)c(F)c2)C2OC(C)(C)OCC2O1. The number of fused-ring (bicyclic) bond motifs is 1. The fraction of sp³-hybridized carbons (Fsp3) is 0.571. The van der Waals surface area contributed by atoms with Gasteiger partial charge in [0.25, 0.3) is 0 Å². The van der Waals surface area contributed by atoms with Crippen molar-refractivity contribution < 1.29 is 36.9 Å². The van der Waals surface area contributed by atoms with E-state index in [0.717, 1.165) is 12.1 Å². The number of benzene rings is 1. The van der Waals surface area contributed by atoms with Gasteiger partial charge in [-0.25, -0.2) is 23.8 Å². The van der Waals surface area contributed by atoms with Crippen LogP contribution in [0.25, 0.3) is 5.70 Å². The van der Waals surface area contributed by atoms with E-state index in [-0.39, 0.29) is 24.3 Å². The fourth-order valence-corrected chi connectivity index (χ4v) is 3.51. The van der Waals surface area contributed by atoms with Gasteiger partial charge in [0.05, 0.1) is 25.5 Å². The molecule has 0 spiro atoms. The molecular weight excluding hydrogens is 431 g/mol. The maximum absolute atomic E-state index is 13.5. The first-order valence-electron chi connectivity index (χ1n) is 10.2. The van der Waals surface area contributed by atoms with Crippen molar-refractivity contribution in [1.29, 1.82) is 0 Å². The van der Waals surface area contributed by atoms with Gasteiger partial charge in [0.2, 0.25) is 0 Å². The van der Waals surface area contributed by atoms with Gasteiger partial charge in [-0.1, -0.05) is 13.8 Å². The second-order valence-electron chi connectivity index (χ2n) is 7.57. The van der Waals surface area contributed by atoms with Gasteiger partial charge in [0.1, 0.15) is 12.2 Å². The summed E-state index contributed by atoms with van der Waals surface area (Å²) in [6.07, 6.45) is -0.779. The Kier molecular flexibility index (Phi) is 8.52. The summed E-state index contributed by atoms with van der Waals surface area (Å²) in [6.45, 7) is 7.60. The van der Waals surface area contributed by atoms with Crippen LogP contribution in [0.4, 0.5) is 13.2 Å². The molecule has 0 radical (unpaired) electrons. The van der Waals surface area contributed by atoms with E-state index < -0.39 is 53.6 Å². The summed E-state index contributed by atoms with van der Waals surface area (Å²) in [4.78, 5) is 12.0. The molecule has 0 aliphatic carbocycles. The number of ether oxygens (including phenoxy) is 4. The molecule has 1 aromatic rings. The second-order valence-corrected chi connectivity index (χ2v) is 7.57. The fourth-order valence-electron chi connectivity index (χ4n) is 3.51. The Labute approximate surface area is 185 Å². The lowest BCUT2D eigenvalue weighted by Crippen LogP contribution is -2.64. The van der Waals surface area contributed by atoms with Gasteiger partial charge in [0, 0.05) is 18.2 Å². The molecule has 0 aromatic heterocycles. The maximum atomic E-state index is 13.5. The van der Waals surface area contributed by atoms with Crippen LogP contribution in [0.2, 0.25) is 0 Å². The summed E-state index contributed by atoms with van der Waals surface area (Å²) in [7, 11) is 1.24. The van der Waals surface area contributed by atoms with Crippen LogP contribution in [0.5, 0.6) is 0 Å². The minimum Gasteiger partial charge on any atom is -0.467 e. The van der Waals surface area contributed by atoms with E-state index in [4.69, 9.17) is 30.5 Å². The van der Waals surface area contributed by atoms with E-state index in [1.165, 1.54) is 18.3 Å². The molecule has 2 aliphatic heterocycles. The Morgan fingerprint density at radius 2 is 1.84 bits per heavy atom. The highest BCUT2D eigenvalue weighted by molar-refractivity contribution is 5.74. The molecule has 1 aromatic carbocycles. The zero-order valence-corrected chi connectivity index (χ0v) is 18.7. The van der Waals surface area contributed by atoms with Gasteiger partial charge in [-0.3, -0.25) is 0 Å². The van der Waals surface area contributed by atoms with Crippen molar-refractivity contribution >= 4 is 11.7 Å². The Bertz CT molecular complexity index is 829. The van der Waals surface area contributed by atoms with Crippen molar-refractivity contribution in [3.63, 3.8) is 0 Å². The predicted octanol–water partition coefficient (Wildman–Crippen LogP) is 2.41. The molecule has 2 fully saturated rings. The number of hydrazine groups is 1. The summed E-state index contributed by atoms with van der Waals surface area (Å²) in [6, 6.07) is 0.913. The first-order valence-corrected chi connectivity index (χ1v) is 10.2. The standard InChI is InChI=1S/C19H24F3N3O5.C2H6/c1-19(2)28-8-15-17(30-19)13(6-14(29-15)18(26)27-3)25(24)7-12(23)9-4-10(20)16(22)11(21)5-9;1-2/h4-5,7,13-15,17H,6,8,23-24H2,1-3H3;1-2H3/b12-7-;. The lowest BCUT2D eigenvalue weighted by molar-refractivity contribution is -0.335. The van der Waals surface area contributed by atoms with Crippen LogP contribution in [0, 0.1) is 17.5 Å². The Morgan fingerprint density at radius 3 is 2.41 bits per heavy atom. The summed E-state index contributed by atoms with van der Waals surface area (Å²) >= 11 is 0. The van der Waals surface area contributed by atoms with Gasteiger partial charge >= 0.3 is 5.97 Å². The van der Waals surface area contributed by atoms with E-state index in [1.54, 1.807) is 13.8 Å². The average molecular weight is 461 g/mol. The number of carbonyl (C=O) groups is 1. The molecule has 4 unspecified atom stereocenters. The van der Waals surface area contributed by atoms with Gasteiger partial charge in [0.15, 0.2) is 29.3 Å². The highest BCUT2D eigenvalue weighted by atomic mass is 19.2. The van der Waals surface area contributed by atoms with Crippen LogP contribution < -0.4 is 11.6 Å². The summed E-state index contributed by atoms with van der Waals surface area (Å²) in [5, 5.41) is 1.19. The smallest absolute Gasteiger partial charge is 0.335 e. The van der Waals surface area contributed by atoms with Crippen molar-refractivity contribution in [3.05, 3.63) is 41.3 Å². The number of hydrogen-bond acceptors (Lipinski definition) is 8. The quantitative estimate of drug-likeness (QED) is 0.305. The molecule has 0 saturated carbocycles. The third kappa shape index (κ3) is 5.71. The molecule has 180 valence electrons. The minimum atomic E-state index is -1.60. The molecule has 0 bridgehead atoms. The molecule has 4 N–H and O–H groups in total. The van der Waals surface area contributed by atoms with E-state index >= 15 is 0 Å². The van der Waals surface area contributed by atoms with Crippen molar-refractivity contribution in [2.45, 2.75) is 64.3 Å². The number of carbonyl (C=O) groups excluding carboxylic acids is 1. The van der Waals surface area contributed by atoms with Gasteiger partial charge in [-0.05, 0) is 26.0 Å². The normalized spacial score (nSPS) is 27.0. The summed E-state index contributed by atoms with van der Waals surface area (Å²) < 4.78 is 62.3. The number of methoxy groups -OCH3 is 1. The molecule has 3 rings (SSSR count). The summed E-state index contributed by atoms with van der Waals surface area (Å²) in [5.74, 6) is 0.324. The Morgan fingerprint density at radius 1 is 1.25 bits per heavy atom. The molecule has 0 amide bonds. The van der Waals surface area contributed by atoms with Crippen LogP contribution in [-0.2, 0) is 23.7 Å². The molecule has 2 saturated heterocycles. The largest absolute Gasteiger partial charge is 0.467 e. The molecule has 2 heterocycles. The Hall–Kier alpha value is -2.34. The molecular formula is C21H30F3N3O5. The number of esters is 1. The van der Waals surface area contributed by atoms with E-state index in [0.29, 0.717) is 0 Å². The molecule has 11 heteroatoms. The molecule has 4 atom stereocenters. The van der Waals surface area contributed by atoms with Crippen molar-refractivity contribution in [2.75, 3.05) is 13.7 Å². The maximum Gasteiger partial charge on any atom is 0.335 e. The number of nitrogens with zero attached hydrogens (tertiary/aromatic N) is 1. The molecule has 32 heavy (non-hydrogen) atoms. The summed E-state index contributed by atoms with van der Waals surface area (Å²) in [5.41, 5.74) is 5.72. The van der Waals surface area contributed by atoms with Gasteiger partial charge < -0.3 is 29.7 Å². The molecule has 2 aliphatic rings. The third-order valence-electron chi connectivity index (χ3n) is 5.01. The van der Waals surface area contributed by atoms with Gasteiger partial charge in [-0.2, -0.15) is 0 Å². The first-order chi connectivity index (χ1) is 15.0. The topological polar surface area (TPSA) is 109 Å². The third-order valence-corrected chi connectivity index (χ3v) is 5.01. The minimum absolute atomic E-state index is 0.0943. The van der Waals surface area contributed by atoms with Crippen molar-refractivity contribution in [2.24, 2.45) is 11.6 Å². The van der Waals surface area contributed by atoms with Crippen LogP contribution >= 0.6 is 0 Å². The van der Waals surface area contributed by atoms with Gasteiger partial charge in [-0.15, -0.1) is 0 Å². The predicted molar refractivity (Wildman–Crippen MR) is 110 cm³/mol. The van der Waals surface area contributed by atoms with Crippen LogP contribution in [0.3, 0.4) is 0 Å².